The fourth-order valence-electron chi connectivity index (χ4n) is 2.14. The minimum atomic E-state index is -0.00189. The Labute approximate surface area is 124 Å². The van der Waals surface area contributed by atoms with Crippen LogP contribution in [0.3, 0.4) is 0 Å². The van der Waals surface area contributed by atoms with Crippen LogP contribution < -0.4 is 10.6 Å². The Hall–Kier alpha value is -2.14. The molecule has 0 bridgehead atoms. The largest absolute Gasteiger partial charge is 0.350 e. The van der Waals surface area contributed by atoms with Gasteiger partial charge in [0.25, 0.3) is 0 Å². The first kappa shape index (κ1) is 13.8. The van der Waals surface area contributed by atoms with Crippen molar-refractivity contribution >= 4 is 5.91 Å². The van der Waals surface area contributed by atoms with Gasteiger partial charge in [-0.05, 0) is 18.4 Å². The molecule has 1 heterocycles. The normalized spacial score (nSPS) is 14.1. The molecule has 1 fully saturated rings. The van der Waals surface area contributed by atoms with Crippen LogP contribution in [0.5, 0.6) is 0 Å². The van der Waals surface area contributed by atoms with Crippen molar-refractivity contribution in [2.24, 2.45) is 0 Å². The lowest BCUT2D eigenvalue weighted by atomic mass is 10.2. The SMILES string of the molecule is O=C(Cn1cnc(CNC2CC2)c1)NCc1ccccc1. The van der Waals surface area contributed by atoms with Crippen LogP contribution in [0.4, 0.5) is 0 Å². The molecule has 21 heavy (non-hydrogen) atoms. The van der Waals surface area contributed by atoms with Crippen molar-refractivity contribution in [2.45, 2.75) is 38.5 Å². The van der Waals surface area contributed by atoms with E-state index in [-0.39, 0.29) is 5.91 Å². The lowest BCUT2D eigenvalue weighted by Crippen LogP contribution is -2.26. The molecule has 2 N–H and O–H groups in total. The molecule has 1 aliphatic rings. The highest BCUT2D eigenvalue weighted by Gasteiger charge is 2.20. The average molecular weight is 284 g/mol. The van der Waals surface area contributed by atoms with Crippen LogP contribution in [-0.4, -0.2) is 21.5 Å². The molecule has 3 rings (SSSR count). The minimum Gasteiger partial charge on any atom is -0.350 e. The van der Waals surface area contributed by atoms with Crippen LogP contribution >= 0.6 is 0 Å². The number of nitrogens with one attached hydrogen (secondary N) is 2. The summed E-state index contributed by atoms with van der Waals surface area (Å²) in [6.07, 6.45) is 6.18. The molecular formula is C16H20N4O. The first-order chi connectivity index (χ1) is 10.3. The molecule has 2 aromatic rings. The third-order valence-electron chi connectivity index (χ3n) is 3.49. The van der Waals surface area contributed by atoms with Crippen LogP contribution in [-0.2, 0) is 24.4 Å². The summed E-state index contributed by atoms with van der Waals surface area (Å²) >= 11 is 0. The van der Waals surface area contributed by atoms with Gasteiger partial charge in [0.2, 0.25) is 5.91 Å². The van der Waals surface area contributed by atoms with Crippen molar-refractivity contribution in [1.29, 1.82) is 0 Å². The molecule has 0 aliphatic heterocycles. The summed E-state index contributed by atoms with van der Waals surface area (Å²) < 4.78 is 1.82. The fraction of sp³-hybridized carbons (Fsp3) is 0.375. The van der Waals surface area contributed by atoms with E-state index >= 15 is 0 Å². The number of benzene rings is 1. The Bertz CT molecular complexity index is 589. The summed E-state index contributed by atoms with van der Waals surface area (Å²) in [6, 6.07) is 10.6. The molecule has 1 saturated carbocycles. The second-order valence-electron chi connectivity index (χ2n) is 5.45. The van der Waals surface area contributed by atoms with Crippen LogP contribution in [0.2, 0.25) is 0 Å². The first-order valence-corrected chi connectivity index (χ1v) is 7.34. The number of nitrogens with zero attached hydrogens (tertiary/aromatic N) is 2. The molecule has 1 aromatic carbocycles. The smallest absolute Gasteiger partial charge is 0.240 e. The minimum absolute atomic E-state index is 0.00189. The monoisotopic (exact) mass is 284 g/mol. The molecule has 5 heteroatoms. The Morgan fingerprint density at radius 2 is 2.05 bits per heavy atom. The highest BCUT2D eigenvalue weighted by molar-refractivity contribution is 5.75. The van der Waals surface area contributed by atoms with E-state index in [0.717, 1.165) is 17.8 Å². The van der Waals surface area contributed by atoms with Gasteiger partial charge in [0, 0.05) is 25.3 Å². The van der Waals surface area contributed by atoms with Gasteiger partial charge in [0.15, 0.2) is 0 Å². The standard InChI is InChI=1S/C16H20N4O/c21-16(18-8-13-4-2-1-3-5-13)11-20-10-15(19-12-20)9-17-14-6-7-14/h1-5,10,12,14,17H,6-9,11H2,(H,18,21). The van der Waals surface area contributed by atoms with Crippen molar-refractivity contribution in [1.82, 2.24) is 20.2 Å². The topological polar surface area (TPSA) is 59.0 Å². The van der Waals surface area contributed by atoms with Crippen molar-refractivity contribution in [2.75, 3.05) is 0 Å². The number of amides is 1. The van der Waals surface area contributed by atoms with Gasteiger partial charge in [-0.25, -0.2) is 4.98 Å². The van der Waals surface area contributed by atoms with Gasteiger partial charge in [0.05, 0.1) is 12.0 Å². The number of carbonyl (C=O) groups is 1. The Morgan fingerprint density at radius 3 is 2.81 bits per heavy atom. The molecule has 0 saturated heterocycles. The maximum atomic E-state index is 11.9. The van der Waals surface area contributed by atoms with Crippen LogP contribution in [0.1, 0.15) is 24.1 Å². The van der Waals surface area contributed by atoms with Gasteiger partial charge in [0.1, 0.15) is 6.54 Å². The van der Waals surface area contributed by atoms with Gasteiger partial charge in [-0.15, -0.1) is 0 Å². The number of carbonyl (C=O) groups excluding carboxylic acids is 1. The molecular weight excluding hydrogens is 264 g/mol. The number of imidazole rings is 1. The highest BCUT2D eigenvalue weighted by atomic mass is 16.1. The zero-order chi connectivity index (χ0) is 14.5. The molecule has 1 aromatic heterocycles. The van der Waals surface area contributed by atoms with E-state index in [1.165, 1.54) is 12.8 Å². The van der Waals surface area contributed by atoms with E-state index in [1.54, 1.807) is 6.33 Å². The van der Waals surface area contributed by atoms with Crippen molar-refractivity contribution < 1.29 is 4.79 Å². The summed E-state index contributed by atoms with van der Waals surface area (Å²) in [7, 11) is 0. The van der Waals surface area contributed by atoms with Crippen molar-refractivity contribution in [3.05, 3.63) is 54.1 Å². The van der Waals surface area contributed by atoms with Gasteiger partial charge in [-0.1, -0.05) is 30.3 Å². The molecule has 0 unspecified atom stereocenters. The third-order valence-corrected chi connectivity index (χ3v) is 3.49. The molecule has 1 aliphatic carbocycles. The van der Waals surface area contributed by atoms with E-state index < -0.39 is 0 Å². The molecule has 5 nitrogen and oxygen atoms in total. The number of aromatic nitrogens is 2. The number of hydrogen-bond acceptors (Lipinski definition) is 3. The number of rotatable bonds is 7. The molecule has 0 atom stereocenters. The quantitative estimate of drug-likeness (QED) is 0.809. The summed E-state index contributed by atoms with van der Waals surface area (Å²) in [5.41, 5.74) is 2.09. The number of hydrogen-bond donors (Lipinski definition) is 2. The zero-order valence-electron chi connectivity index (χ0n) is 12.0. The van der Waals surface area contributed by atoms with E-state index in [2.05, 4.69) is 15.6 Å². The lowest BCUT2D eigenvalue weighted by Gasteiger charge is -2.05. The molecule has 1 amide bonds. The van der Waals surface area contributed by atoms with E-state index in [9.17, 15) is 4.79 Å². The summed E-state index contributed by atoms with van der Waals surface area (Å²) in [5.74, 6) is -0.00189. The predicted octanol–water partition coefficient (Wildman–Crippen LogP) is 1.45. The maximum absolute atomic E-state index is 11.9. The summed E-state index contributed by atoms with van der Waals surface area (Å²) in [6.45, 7) is 1.65. The second kappa shape index (κ2) is 6.54. The third kappa shape index (κ3) is 4.43. The maximum Gasteiger partial charge on any atom is 0.240 e. The Balaban J connectivity index is 1.43. The van der Waals surface area contributed by atoms with Gasteiger partial charge in [-0.2, -0.15) is 0 Å². The predicted molar refractivity (Wildman–Crippen MR) is 80.4 cm³/mol. The molecule has 0 radical (unpaired) electrons. The fourth-order valence-corrected chi connectivity index (χ4v) is 2.14. The van der Waals surface area contributed by atoms with Gasteiger partial charge >= 0.3 is 0 Å². The van der Waals surface area contributed by atoms with E-state index in [0.29, 0.717) is 19.1 Å². The Kier molecular flexibility index (Phi) is 4.31. The van der Waals surface area contributed by atoms with E-state index in [1.807, 2.05) is 41.1 Å². The van der Waals surface area contributed by atoms with Crippen LogP contribution in [0.15, 0.2) is 42.9 Å². The highest BCUT2D eigenvalue weighted by Crippen LogP contribution is 2.18. The van der Waals surface area contributed by atoms with E-state index in [4.69, 9.17) is 0 Å². The van der Waals surface area contributed by atoms with Gasteiger partial charge < -0.3 is 15.2 Å². The molecule has 110 valence electrons. The van der Waals surface area contributed by atoms with Crippen LogP contribution in [0.25, 0.3) is 0 Å². The van der Waals surface area contributed by atoms with Crippen molar-refractivity contribution in [3.63, 3.8) is 0 Å². The zero-order valence-corrected chi connectivity index (χ0v) is 12.0. The van der Waals surface area contributed by atoms with Gasteiger partial charge in [-0.3, -0.25) is 4.79 Å². The summed E-state index contributed by atoms with van der Waals surface area (Å²) in [4.78, 5) is 16.2. The van der Waals surface area contributed by atoms with Crippen molar-refractivity contribution in [3.8, 4) is 0 Å². The summed E-state index contributed by atoms with van der Waals surface area (Å²) in [5, 5.41) is 6.32. The average Bonchev–Trinajstić information content (AvgIpc) is 3.24. The van der Waals surface area contributed by atoms with Crippen LogP contribution in [0, 0.1) is 0 Å². The second-order valence-corrected chi connectivity index (χ2v) is 5.45. The Morgan fingerprint density at radius 1 is 1.24 bits per heavy atom. The molecule has 0 spiro atoms. The first-order valence-electron chi connectivity index (χ1n) is 7.34. The lowest BCUT2D eigenvalue weighted by molar-refractivity contribution is -0.121.